The molecule has 1 atom stereocenters. The first-order chi connectivity index (χ1) is 9.98. The molecule has 0 aliphatic rings. The molecule has 0 fully saturated rings. The van der Waals surface area contributed by atoms with Crippen molar-refractivity contribution >= 4 is 5.97 Å². The van der Waals surface area contributed by atoms with Crippen molar-refractivity contribution in [1.82, 2.24) is 4.98 Å². The zero-order valence-electron chi connectivity index (χ0n) is 12.3. The molecule has 110 valence electrons. The van der Waals surface area contributed by atoms with Crippen LogP contribution >= 0.6 is 0 Å². The molecular weight excluding hydrogens is 264 g/mol. The van der Waals surface area contributed by atoms with Crippen molar-refractivity contribution in [3.05, 3.63) is 65.0 Å². The van der Waals surface area contributed by atoms with Gasteiger partial charge in [0.1, 0.15) is 5.41 Å². The Bertz CT molecular complexity index is 637. The molecule has 4 heteroatoms. The molecule has 0 bridgehead atoms. The number of hydrogen-bond donors (Lipinski definition) is 2. The van der Waals surface area contributed by atoms with Gasteiger partial charge >= 0.3 is 5.97 Å². The van der Waals surface area contributed by atoms with Crippen LogP contribution in [0.15, 0.2) is 42.7 Å². The molecule has 0 saturated carbocycles. The lowest BCUT2D eigenvalue weighted by Gasteiger charge is -2.28. The first-order valence-corrected chi connectivity index (χ1v) is 6.89. The zero-order valence-corrected chi connectivity index (χ0v) is 12.3. The Balaban J connectivity index is 2.46. The van der Waals surface area contributed by atoms with Crippen molar-refractivity contribution in [2.75, 3.05) is 6.54 Å². The van der Waals surface area contributed by atoms with E-state index in [0.717, 1.165) is 22.3 Å². The van der Waals surface area contributed by atoms with E-state index >= 15 is 0 Å². The monoisotopic (exact) mass is 284 g/mol. The molecule has 21 heavy (non-hydrogen) atoms. The summed E-state index contributed by atoms with van der Waals surface area (Å²) in [7, 11) is 0. The summed E-state index contributed by atoms with van der Waals surface area (Å²) in [4.78, 5) is 16.1. The molecule has 0 aliphatic carbocycles. The second-order valence-electron chi connectivity index (χ2n) is 5.50. The third-order valence-corrected chi connectivity index (χ3v) is 3.80. The van der Waals surface area contributed by atoms with E-state index in [2.05, 4.69) is 4.98 Å². The minimum absolute atomic E-state index is 0.0410. The van der Waals surface area contributed by atoms with E-state index in [4.69, 9.17) is 5.73 Å². The van der Waals surface area contributed by atoms with Gasteiger partial charge in [-0.25, -0.2) is 0 Å². The Labute approximate surface area is 124 Å². The fraction of sp³-hybridized carbons (Fsp3) is 0.294. The minimum Gasteiger partial charge on any atom is -0.481 e. The lowest BCUT2D eigenvalue weighted by Crippen LogP contribution is -2.45. The Hall–Kier alpha value is -2.20. The molecule has 3 N–H and O–H groups in total. The molecule has 0 spiro atoms. The number of rotatable bonds is 5. The summed E-state index contributed by atoms with van der Waals surface area (Å²) in [5, 5.41) is 9.78. The van der Waals surface area contributed by atoms with Crippen LogP contribution in [-0.4, -0.2) is 22.6 Å². The average Bonchev–Trinajstić information content (AvgIpc) is 2.45. The highest BCUT2D eigenvalue weighted by Gasteiger charge is 2.39. The van der Waals surface area contributed by atoms with Crippen molar-refractivity contribution in [3.63, 3.8) is 0 Å². The van der Waals surface area contributed by atoms with Gasteiger partial charge in [-0.15, -0.1) is 0 Å². The van der Waals surface area contributed by atoms with Crippen LogP contribution in [0.3, 0.4) is 0 Å². The number of nitrogens with two attached hydrogens (primary N) is 1. The van der Waals surface area contributed by atoms with Crippen LogP contribution < -0.4 is 5.73 Å². The Morgan fingerprint density at radius 1 is 1.19 bits per heavy atom. The highest BCUT2D eigenvalue weighted by atomic mass is 16.4. The predicted octanol–water partition coefficient (Wildman–Crippen LogP) is 2.22. The Morgan fingerprint density at radius 3 is 2.38 bits per heavy atom. The van der Waals surface area contributed by atoms with Crippen molar-refractivity contribution in [1.29, 1.82) is 0 Å². The van der Waals surface area contributed by atoms with Gasteiger partial charge in [0.05, 0.1) is 0 Å². The fourth-order valence-electron chi connectivity index (χ4n) is 2.51. The lowest BCUT2D eigenvalue weighted by atomic mass is 9.75. The Morgan fingerprint density at radius 2 is 1.86 bits per heavy atom. The molecule has 4 nitrogen and oxygen atoms in total. The maximum absolute atomic E-state index is 11.9. The summed E-state index contributed by atoms with van der Waals surface area (Å²) >= 11 is 0. The largest absolute Gasteiger partial charge is 0.481 e. The van der Waals surface area contributed by atoms with E-state index in [0.29, 0.717) is 6.42 Å². The minimum atomic E-state index is -1.12. The summed E-state index contributed by atoms with van der Waals surface area (Å²) in [5.74, 6) is -0.907. The molecule has 1 aromatic carbocycles. The first kappa shape index (κ1) is 15.2. The number of pyridine rings is 1. The van der Waals surface area contributed by atoms with Gasteiger partial charge in [0, 0.05) is 18.9 Å². The van der Waals surface area contributed by atoms with Gasteiger partial charge in [-0.05, 0) is 37.0 Å². The second-order valence-corrected chi connectivity index (χ2v) is 5.50. The summed E-state index contributed by atoms with van der Waals surface area (Å²) in [5.41, 5.74) is 8.44. The number of benzene rings is 1. The number of nitrogens with zero attached hydrogens (tertiary/aromatic N) is 1. The van der Waals surface area contributed by atoms with Crippen molar-refractivity contribution in [2.45, 2.75) is 25.7 Å². The number of aliphatic carboxylic acids is 1. The molecule has 2 rings (SSSR count). The van der Waals surface area contributed by atoms with Gasteiger partial charge < -0.3 is 10.8 Å². The zero-order chi connectivity index (χ0) is 15.5. The highest BCUT2D eigenvalue weighted by Crippen LogP contribution is 2.28. The first-order valence-electron chi connectivity index (χ1n) is 6.89. The third-order valence-electron chi connectivity index (χ3n) is 3.80. The molecule has 0 amide bonds. The summed E-state index contributed by atoms with van der Waals surface area (Å²) in [6, 6.07) is 9.47. The molecular formula is C17H20N2O2. The van der Waals surface area contributed by atoms with E-state index in [1.165, 1.54) is 0 Å². The average molecular weight is 284 g/mol. The van der Waals surface area contributed by atoms with Gasteiger partial charge in [0.2, 0.25) is 0 Å². The lowest BCUT2D eigenvalue weighted by molar-refractivity contribution is -0.143. The number of carboxylic acid groups (broad SMARTS) is 1. The predicted molar refractivity (Wildman–Crippen MR) is 82.2 cm³/mol. The molecule has 0 aliphatic heterocycles. The molecule has 1 heterocycles. The number of carboxylic acids is 1. The molecule has 1 aromatic heterocycles. The van der Waals surface area contributed by atoms with Crippen LogP contribution in [0.5, 0.6) is 0 Å². The normalized spacial score (nSPS) is 13.7. The van der Waals surface area contributed by atoms with Gasteiger partial charge in [-0.1, -0.05) is 35.9 Å². The van der Waals surface area contributed by atoms with Crippen LogP contribution in [0.25, 0.3) is 0 Å². The second kappa shape index (κ2) is 6.06. The van der Waals surface area contributed by atoms with Crippen LogP contribution in [-0.2, 0) is 16.6 Å². The maximum Gasteiger partial charge on any atom is 0.315 e. The number of aryl methyl sites for hydroxylation is 2. The van der Waals surface area contributed by atoms with E-state index in [9.17, 15) is 9.90 Å². The van der Waals surface area contributed by atoms with Crippen LogP contribution in [0.2, 0.25) is 0 Å². The maximum atomic E-state index is 11.9. The van der Waals surface area contributed by atoms with E-state index in [-0.39, 0.29) is 6.54 Å². The molecule has 1 unspecified atom stereocenters. The number of carbonyl (C=O) groups is 1. The quantitative estimate of drug-likeness (QED) is 0.882. The van der Waals surface area contributed by atoms with E-state index in [1.54, 1.807) is 12.4 Å². The van der Waals surface area contributed by atoms with E-state index < -0.39 is 11.4 Å². The van der Waals surface area contributed by atoms with Crippen molar-refractivity contribution in [2.24, 2.45) is 5.73 Å². The summed E-state index contributed by atoms with van der Waals surface area (Å²) in [6.07, 6.45) is 3.78. The smallest absolute Gasteiger partial charge is 0.315 e. The highest BCUT2D eigenvalue weighted by molar-refractivity contribution is 5.82. The van der Waals surface area contributed by atoms with Crippen LogP contribution in [0, 0.1) is 13.8 Å². The standard InChI is InChI=1S/C17H20N2O2/c1-12-3-5-15(6-4-12)17(11-18,16(20)21)8-14-7-13(2)9-19-10-14/h3-7,9-10H,8,11,18H2,1-2H3,(H,20,21). The fourth-order valence-corrected chi connectivity index (χ4v) is 2.51. The number of hydrogen-bond acceptors (Lipinski definition) is 3. The Kier molecular flexibility index (Phi) is 4.38. The van der Waals surface area contributed by atoms with Crippen LogP contribution in [0.1, 0.15) is 22.3 Å². The van der Waals surface area contributed by atoms with E-state index in [1.807, 2.05) is 44.2 Å². The SMILES string of the molecule is Cc1ccc(C(CN)(Cc2cncc(C)c2)C(=O)O)cc1. The molecule has 2 aromatic rings. The number of aromatic nitrogens is 1. The molecule has 0 saturated heterocycles. The van der Waals surface area contributed by atoms with Gasteiger partial charge in [0.15, 0.2) is 0 Å². The van der Waals surface area contributed by atoms with Crippen LogP contribution in [0.4, 0.5) is 0 Å². The van der Waals surface area contributed by atoms with Gasteiger partial charge in [-0.2, -0.15) is 0 Å². The van der Waals surface area contributed by atoms with Gasteiger partial charge in [0.25, 0.3) is 0 Å². The van der Waals surface area contributed by atoms with Crippen molar-refractivity contribution in [3.8, 4) is 0 Å². The summed E-state index contributed by atoms with van der Waals surface area (Å²) < 4.78 is 0. The molecule has 0 radical (unpaired) electrons. The van der Waals surface area contributed by atoms with Gasteiger partial charge in [-0.3, -0.25) is 9.78 Å². The third kappa shape index (κ3) is 3.11. The van der Waals surface area contributed by atoms with Crippen molar-refractivity contribution < 1.29 is 9.90 Å². The summed E-state index contributed by atoms with van der Waals surface area (Å²) in [6.45, 7) is 3.95. The topological polar surface area (TPSA) is 76.2 Å².